The molecule has 0 amide bonds. The van der Waals surface area contributed by atoms with E-state index < -0.39 is 15.8 Å². The van der Waals surface area contributed by atoms with Crippen LogP contribution in [0.3, 0.4) is 0 Å². The number of hydrogen-bond donors (Lipinski definition) is 1. The first-order valence-electron chi connectivity index (χ1n) is 6.37. The number of aromatic amines is 1. The molecule has 0 bridgehead atoms. The number of aromatic nitrogens is 4. The molecule has 1 N–H and O–H groups in total. The van der Waals surface area contributed by atoms with Gasteiger partial charge in [0.15, 0.2) is 0 Å². The minimum Gasteiger partial charge on any atom is -0.496 e. The summed E-state index contributed by atoms with van der Waals surface area (Å²) in [4.78, 5) is 21.6. The smallest absolute Gasteiger partial charge is 0.349 e. The Balaban J connectivity index is 2.08. The Morgan fingerprint density at radius 1 is 1.30 bits per heavy atom. The van der Waals surface area contributed by atoms with Crippen molar-refractivity contribution < 1.29 is 17.3 Å². The summed E-state index contributed by atoms with van der Waals surface area (Å²) in [5.41, 5.74) is 0.632. The average Bonchev–Trinajstić information content (AvgIpc) is 2.88. The van der Waals surface area contributed by atoms with Crippen molar-refractivity contribution in [1.29, 1.82) is 0 Å². The molecule has 2 heterocycles. The third-order valence-corrected chi connectivity index (χ3v) is 3.44. The van der Waals surface area contributed by atoms with Crippen molar-refractivity contribution >= 4 is 15.9 Å². The molecule has 2 aromatic heterocycles. The number of hydrogen-bond acceptors (Lipinski definition) is 7. The lowest BCUT2D eigenvalue weighted by molar-refractivity contribution is 0.413. The van der Waals surface area contributed by atoms with Gasteiger partial charge in [-0.05, 0) is 12.1 Å². The molecule has 3 aromatic rings. The summed E-state index contributed by atoms with van der Waals surface area (Å²) in [7, 11) is -2.18. The third-order valence-electron chi connectivity index (χ3n) is 2.95. The second kappa shape index (κ2) is 5.39. The maximum atomic E-state index is 11.2. The summed E-state index contributed by atoms with van der Waals surface area (Å²) in [6.07, 6.45) is 3.96. The van der Waals surface area contributed by atoms with Gasteiger partial charge < -0.3 is 8.92 Å². The Hall–Kier alpha value is -2.88. The topological polar surface area (TPSA) is 116 Å². The van der Waals surface area contributed by atoms with Crippen molar-refractivity contribution in [3.05, 3.63) is 41.2 Å². The molecule has 0 radical (unpaired) electrons. The summed E-state index contributed by atoms with van der Waals surface area (Å²) in [6.45, 7) is 0. The van der Waals surface area contributed by atoms with Crippen LogP contribution in [0.2, 0.25) is 0 Å². The minimum atomic E-state index is -3.63. The monoisotopic (exact) mass is 336 g/mol. The van der Waals surface area contributed by atoms with Crippen molar-refractivity contribution in [2.24, 2.45) is 0 Å². The lowest BCUT2D eigenvalue weighted by Gasteiger charge is -2.09. The van der Waals surface area contributed by atoms with Gasteiger partial charge in [0, 0.05) is 17.8 Å². The molecule has 0 saturated heterocycles. The van der Waals surface area contributed by atoms with Crippen LogP contribution >= 0.6 is 0 Å². The van der Waals surface area contributed by atoms with Gasteiger partial charge in [-0.2, -0.15) is 13.4 Å². The Morgan fingerprint density at radius 2 is 2.09 bits per heavy atom. The molecule has 120 valence electrons. The molecule has 9 nitrogen and oxygen atoms in total. The highest BCUT2D eigenvalue weighted by molar-refractivity contribution is 7.86. The molecule has 0 unspecified atom stereocenters. The van der Waals surface area contributed by atoms with Gasteiger partial charge in [0.05, 0.1) is 19.1 Å². The van der Waals surface area contributed by atoms with E-state index in [4.69, 9.17) is 8.92 Å². The number of methoxy groups -OCH3 is 1. The molecule has 0 aliphatic rings. The number of benzene rings is 1. The summed E-state index contributed by atoms with van der Waals surface area (Å²) in [6, 6.07) is 4.55. The molecule has 0 aliphatic carbocycles. The minimum absolute atomic E-state index is 0.131. The Morgan fingerprint density at radius 3 is 2.78 bits per heavy atom. The van der Waals surface area contributed by atoms with Crippen LogP contribution in [0.1, 0.15) is 0 Å². The van der Waals surface area contributed by atoms with E-state index in [0.717, 1.165) is 6.26 Å². The zero-order chi connectivity index (χ0) is 16.6. The number of nitrogens with zero attached hydrogens (tertiary/aromatic N) is 3. The van der Waals surface area contributed by atoms with E-state index in [1.54, 1.807) is 16.7 Å². The Labute approximate surface area is 130 Å². The summed E-state index contributed by atoms with van der Waals surface area (Å²) in [5.74, 6) is 0.843. The Kier molecular flexibility index (Phi) is 3.52. The van der Waals surface area contributed by atoms with Crippen molar-refractivity contribution in [3.63, 3.8) is 0 Å². The molecule has 0 aliphatic heterocycles. The van der Waals surface area contributed by atoms with Crippen molar-refractivity contribution in [2.45, 2.75) is 0 Å². The number of fused-ring (bicyclic) bond motifs is 1. The van der Waals surface area contributed by atoms with E-state index in [9.17, 15) is 13.2 Å². The molecular formula is C13H12N4O5S. The average molecular weight is 336 g/mol. The number of imidazole rings is 1. The molecule has 0 saturated carbocycles. The van der Waals surface area contributed by atoms with Crippen LogP contribution in [0.15, 0.2) is 35.5 Å². The van der Waals surface area contributed by atoms with Gasteiger partial charge in [0.25, 0.3) is 0 Å². The molecule has 1 aromatic carbocycles. The molecule has 0 atom stereocenters. The lowest BCUT2D eigenvalue weighted by atomic mass is 10.1. The van der Waals surface area contributed by atoms with Gasteiger partial charge in [0.2, 0.25) is 5.78 Å². The largest absolute Gasteiger partial charge is 0.496 e. The predicted molar refractivity (Wildman–Crippen MR) is 81.1 cm³/mol. The zero-order valence-corrected chi connectivity index (χ0v) is 13.0. The van der Waals surface area contributed by atoms with Gasteiger partial charge in [-0.15, -0.1) is 0 Å². The van der Waals surface area contributed by atoms with Crippen LogP contribution in [0.25, 0.3) is 17.0 Å². The highest BCUT2D eigenvalue weighted by Crippen LogP contribution is 2.33. The van der Waals surface area contributed by atoms with Crippen LogP contribution in [-0.2, 0) is 10.1 Å². The molecule has 0 fully saturated rings. The fourth-order valence-electron chi connectivity index (χ4n) is 2.06. The third kappa shape index (κ3) is 3.16. The van der Waals surface area contributed by atoms with Gasteiger partial charge in [0.1, 0.15) is 17.8 Å². The standard InChI is InChI=1S/C13H12N4O5S/c1-21-11-5-8(22-23(2,19)20)3-4-9(11)10-6-17-7-14-13(18)16-12(17)15-10/h3-7H,1-2H3,(H,15,16,18). The number of nitrogens with one attached hydrogen (secondary N) is 1. The van der Waals surface area contributed by atoms with E-state index in [0.29, 0.717) is 22.8 Å². The maximum absolute atomic E-state index is 11.2. The van der Waals surface area contributed by atoms with Gasteiger partial charge in [-0.1, -0.05) is 0 Å². The highest BCUT2D eigenvalue weighted by atomic mass is 32.2. The second-order valence-corrected chi connectivity index (χ2v) is 6.26. The lowest BCUT2D eigenvalue weighted by Crippen LogP contribution is -2.11. The van der Waals surface area contributed by atoms with Crippen LogP contribution in [0.5, 0.6) is 11.5 Å². The maximum Gasteiger partial charge on any atom is 0.349 e. The van der Waals surface area contributed by atoms with Crippen LogP contribution < -0.4 is 14.6 Å². The highest BCUT2D eigenvalue weighted by Gasteiger charge is 2.13. The number of rotatable bonds is 4. The quantitative estimate of drug-likeness (QED) is 0.687. The van der Waals surface area contributed by atoms with Crippen molar-refractivity contribution in [2.75, 3.05) is 13.4 Å². The van der Waals surface area contributed by atoms with Crippen molar-refractivity contribution in [1.82, 2.24) is 19.4 Å². The van der Waals surface area contributed by atoms with E-state index >= 15 is 0 Å². The number of ether oxygens (including phenoxy) is 1. The van der Waals surface area contributed by atoms with Crippen LogP contribution in [-0.4, -0.2) is 41.1 Å². The SMILES string of the molecule is COc1cc(OS(C)(=O)=O)ccc1-c1cn2cnc(=O)[nH]c2n1. The first-order valence-corrected chi connectivity index (χ1v) is 8.19. The van der Waals surface area contributed by atoms with E-state index in [-0.39, 0.29) is 5.75 Å². The van der Waals surface area contributed by atoms with Crippen LogP contribution in [0, 0.1) is 0 Å². The molecule has 3 rings (SSSR count). The summed E-state index contributed by atoms with van der Waals surface area (Å²) in [5, 5.41) is 0. The summed E-state index contributed by atoms with van der Waals surface area (Å²) >= 11 is 0. The fraction of sp³-hybridized carbons (Fsp3) is 0.154. The van der Waals surface area contributed by atoms with Crippen molar-refractivity contribution in [3.8, 4) is 22.8 Å². The fourth-order valence-corrected chi connectivity index (χ4v) is 2.51. The second-order valence-electron chi connectivity index (χ2n) is 4.68. The van der Waals surface area contributed by atoms with E-state index in [1.807, 2.05) is 0 Å². The van der Waals surface area contributed by atoms with Gasteiger partial charge >= 0.3 is 15.8 Å². The summed E-state index contributed by atoms with van der Waals surface area (Å²) < 4.78 is 34.0. The normalized spacial score (nSPS) is 11.6. The van der Waals surface area contributed by atoms with E-state index in [2.05, 4.69) is 15.0 Å². The van der Waals surface area contributed by atoms with Crippen LogP contribution in [0.4, 0.5) is 0 Å². The number of H-pyrrole nitrogens is 1. The zero-order valence-electron chi connectivity index (χ0n) is 12.2. The van der Waals surface area contributed by atoms with E-state index in [1.165, 1.54) is 25.6 Å². The molecular weight excluding hydrogens is 324 g/mol. The first-order chi connectivity index (χ1) is 10.9. The molecule has 23 heavy (non-hydrogen) atoms. The Bertz CT molecular complexity index is 1040. The van der Waals surface area contributed by atoms with Gasteiger partial charge in [-0.3, -0.25) is 9.38 Å². The first kappa shape index (κ1) is 15.0. The molecule has 0 spiro atoms. The predicted octanol–water partition coefficient (Wildman–Crippen LogP) is 0.432. The molecule has 10 heteroatoms. The van der Waals surface area contributed by atoms with Gasteiger partial charge in [-0.25, -0.2) is 9.78 Å².